The smallest absolute Gasteiger partial charge is 0.231 e. The fourth-order valence-corrected chi connectivity index (χ4v) is 3.64. The highest BCUT2D eigenvalue weighted by Crippen LogP contribution is 2.54. The van der Waals surface area contributed by atoms with E-state index in [0.717, 1.165) is 0 Å². The van der Waals surface area contributed by atoms with E-state index in [-0.39, 0.29) is 52.8 Å². The maximum atomic E-state index is 13.1. The molecule has 0 radical (unpaired) electrons. The lowest BCUT2D eigenvalue weighted by molar-refractivity contribution is 0.0148. The monoisotopic (exact) mass is 332 g/mol. The van der Waals surface area contributed by atoms with Crippen LogP contribution >= 0.6 is 0 Å². The van der Waals surface area contributed by atoms with Crippen LogP contribution in [0.3, 0.4) is 0 Å². The highest BCUT2D eigenvalue weighted by atomic mass is 16.7. The second-order valence-electron chi connectivity index (χ2n) is 6.04. The van der Waals surface area contributed by atoms with Gasteiger partial charge in [-0.2, -0.15) is 0 Å². The maximum Gasteiger partial charge on any atom is 0.231 e. The van der Waals surface area contributed by atoms with Gasteiger partial charge in [0, 0.05) is 17.6 Å². The SMILES string of the molecule is COc1c2c(c(O)c3c1C(=O)C1=C(CC(C)OC1C)C3=O)OCO2. The van der Waals surface area contributed by atoms with E-state index in [1.54, 1.807) is 6.92 Å². The molecule has 0 bridgehead atoms. The summed E-state index contributed by atoms with van der Waals surface area (Å²) >= 11 is 0. The maximum absolute atomic E-state index is 13.1. The minimum absolute atomic E-state index is 0.00741. The highest BCUT2D eigenvalue weighted by Gasteiger charge is 2.45. The van der Waals surface area contributed by atoms with E-state index in [4.69, 9.17) is 18.9 Å². The quantitative estimate of drug-likeness (QED) is 0.841. The summed E-state index contributed by atoms with van der Waals surface area (Å²) in [6, 6.07) is 0. The number of fused-ring (bicyclic) bond motifs is 2. The zero-order chi connectivity index (χ0) is 17.2. The molecule has 24 heavy (non-hydrogen) atoms. The van der Waals surface area contributed by atoms with Gasteiger partial charge in [-0.05, 0) is 13.8 Å². The van der Waals surface area contributed by atoms with Crippen molar-refractivity contribution in [1.29, 1.82) is 0 Å². The summed E-state index contributed by atoms with van der Waals surface area (Å²) in [5.41, 5.74) is 0.631. The van der Waals surface area contributed by atoms with Crippen molar-refractivity contribution in [3.05, 3.63) is 22.3 Å². The number of phenols is 1. The Morgan fingerprint density at radius 3 is 2.50 bits per heavy atom. The number of phenolic OH excluding ortho intramolecular Hbond substituents is 1. The van der Waals surface area contributed by atoms with E-state index in [1.165, 1.54) is 7.11 Å². The Morgan fingerprint density at radius 1 is 1.08 bits per heavy atom. The fourth-order valence-electron chi connectivity index (χ4n) is 3.64. The van der Waals surface area contributed by atoms with Crippen molar-refractivity contribution in [1.82, 2.24) is 0 Å². The Labute approximate surface area is 137 Å². The van der Waals surface area contributed by atoms with Gasteiger partial charge in [0.2, 0.25) is 18.3 Å². The van der Waals surface area contributed by atoms with Gasteiger partial charge in [0.05, 0.1) is 30.4 Å². The van der Waals surface area contributed by atoms with Crippen molar-refractivity contribution in [2.75, 3.05) is 13.9 Å². The number of benzene rings is 1. The second kappa shape index (κ2) is 4.98. The predicted octanol–water partition coefficient (Wildman–Crippen LogP) is 2.00. The molecule has 3 aliphatic rings. The van der Waals surface area contributed by atoms with Crippen molar-refractivity contribution in [2.24, 2.45) is 0 Å². The van der Waals surface area contributed by atoms with Gasteiger partial charge in [-0.3, -0.25) is 9.59 Å². The molecule has 0 amide bonds. The molecule has 126 valence electrons. The number of rotatable bonds is 1. The summed E-state index contributed by atoms with van der Waals surface area (Å²) in [4.78, 5) is 26.1. The third-order valence-corrected chi connectivity index (χ3v) is 4.58. The molecule has 2 unspecified atom stereocenters. The van der Waals surface area contributed by atoms with E-state index < -0.39 is 11.9 Å². The third kappa shape index (κ3) is 1.76. The zero-order valence-corrected chi connectivity index (χ0v) is 13.5. The summed E-state index contributed by atoms with van der Waals surface area (Å²) in [6.45, 7) is 3.46. The normalized spacial score (nSPS) is 24.8. The van der Waals surface area contributed by atoms with Gasteiger partial charge in [-0.1, -0.05) is 0 Å². The van der Waals surface area contributed by atoms with Crippen LogP contribution in [0.2, 0.25) is 0 Å². The molecule has 7 nitrogen and oxygen atoms in total. The Bertz CT molecular complexity index is 821. The molecule has 7 heteroatoms. The summed E-state index contributed by atoms with van der Waals surface area (Å²) in [7, 11) is 1.37. The van der Waals surface area contributed by atoms with Crippen molar-refractivity contribution >= 4 is 11.6 Å². The number of ether oxygens (including phenoxy) is 4. The topological polar surface area (TPSA) is 91.3 Å². The highest BCUT2D eigenvalue weighted by molar-refractivity contribution is 6.30. The van der Waals surface area contributed by atoms with Crippen LogP contribution in [-0.4, -0.2) is 42.8 Å². The van der Waals surface area contributed by atoms with Crippen LogP contribution in [0, 0.1) is 0 Å². The number of hydrogen-bond donors (Lipinski definition) is 1. The first-order chi connectivity index (χ1) is 11.5. The molecule has 0 aromatic heterocycles. The number of aromatic hydroxyl groups is 1. The first kappa shape index (κ1) is 15.0. The van der Waals surface area contributed by atoms with E-state index in [1.807, 2.05) is 6.92 Å². The van der Waals surface area contributed by atoms with Gasteiger partial charge in [0.15, 0.2) is 23.1 Å². The predicted molar refractivity (Wildman–Crippen MR) is 81.1 cm³/mol. The second-order valence-corrected chi connectivity index (χ2v) is 6.04. The fraction of sp³-hybridized carbons (Fsp3) is 0.412. The van der Waals surface area contributed by atoms with Crippen LogP contribution in [0.15, 0.2) is 11.1 Å². The van der Waals surface area contributed by atoms with Gasteiger partial charge in [0.1, 0.15) is 0 Å². The average Bonchev–Trinajstić information content (AvgIpc) is 3.01. The van der Waals surface area contributed by atoms with Crippen LogP contribution in [0.1, 0.15) is 41.0 Å². The van der Waals surface area contributed by atoms with E-state index in [2.05, 4.69) is 0 Å². The molecule has 1 aromatic carbocycles. The Hall–Kier alpha value is -2.54. The van der Waals surface area contributed by atoms with Crippen molar-refractivity contribution in [2.45, 2.75) is 32.5 Å². The number of hydrogen-bond acceptors (Lipinski definition) is 7. The molecule has 4 rings (SSSR count). The lowest BCUT2D eigenvalue weighted by atomic mass is 9.77. The molecule has 0 saturated carbocycles. The van der Waals surface area contributed by atoms with Crippen molar-refractivity contribution in [3.63, 3.8) is 0 Å². The van der Waals surface area contributed by atoms with Crippen LogP contribution in [0.5, 0.6) is 23.0 Å². The third-order valence-electron chi connectivity index (χ3n) is 4.58. The van der Waals surface area contributed by atoms with E-state index in [0.29, 0.717) is 17.6 Å². The lowest BCUT2D eigenvalue weighted by Gasteiger charge is -2.33. The van der Waals surface area contributed by atoms with Gasteiger partial charge in [0.25, 0.3) is 0 Å². The van der Waals surface area contributed by atoms with Gasteiger partial charge in [-0.25, -0.2) is 0 Å². The molecule has 1 aromatic rings. The van der Waals surface area contributed by atoms with E-state index >= 15 is 0 Å². The van der Waals surface area contributed by atoms with E-state index in [9.17, 15) is 14.7 Å². The molecule has 0 spiro atoms. The first-order valence-electron chi connectivity index (χ1n) is 7.66. The Kier molecular flexibility index (Phi) is 3.11. The summed E-state index contributed by atoms with van der Waals surface area (Å²) < 4.78 is 21.6. The number of carbonyl (C=O) groups excluding carboxylic acids is 2. The summed E-state index contributed by atoms with van der Waals surface area (Å²) in [5, 5.41) is 10.5. The number of methoxy groups -OCH3 is 1. The Morgan fingerprint density at radius 2 is 1.79 bits per heavy atom. The lowest BCUT2D eigenvalue weighted by Crippen LogP contribution is -2.36. The summed E-state index contributed by atoms with van der Waals surface area (Å²) in [6.07, 6.45) is -0.374. The largest absolute Gasteiger partial charge is 0.504 e. The van der Waals surface area contributed by atoms with Gasteiger partial charge < -0.3 is 24.1 Å². The van der Waals surface area contributed by atoms with Gasteiger partial charge in [-0.15, -0.1) is 0 Å². The van der Waals surface area contributed by atoms with Crippen molar-refractivity contribution < 1.29 is 33.6 Å². The minimum atomic E-state index is -0.509. The zero-order valence-electron chi connectivity index (χ0n) is 13.5. The average molecular weight is 332 g/mol. The molecule has 1 aliphatic carbocycles. The molecule has 0 saturated heterocycles. The molecular weight excluding hydrogens is 316 g/mol. The molecule has 1 N–H and O–H groups in total. The van der Waals surface area contributed by atoms with Gasteiger partial charge >= 0.3 is 0 Å². The molecule has 2 aliphatic heterocycles. The summed E-state index contributed by atoms with van der Waals surface area (Å²) in [5.74, 6) is -0.887. The molecular formula is C17H16O7. The van der Waals surface area contributed by atoms with Crippen LogP contribution in [0.25, 0.3) is 0 Å². The number of Topliss-reactive ketones (excluding diaryl/α,β-unsaturated/α-hetero) is 2. The van der Waals surface area contributed by atoms with Crippen LogP contribution in [-0.2, 0) is 4.74 Å². The number of carbonyl (C=O) groups is 2. The Balaban J connectivity index is 2.03. The first-order valence-corrected chi connectivity index (χ1v) is 7.66. The van der Waals surface area contributed by atoms with Crippen LogP contribution in [0.4, 0.5) is 0 Å². The number of ketones is 2. The minimum Gasteiger partial charge on any atom is -0.504 e. The molecule has 0 fully saturated rings. The van der Waals surface area contributed by atoms with Crippen molar-refractivity contribution in [3.8, 4) is 23.0 Å². The molecule has 2 heterocycles. The molecule has 2 atom stereocenters. The van der Waals surface area contributed by atoms with Crippen LogP contribution < -0.4 is 14.2 Å². The standard InChI is InChI=1S/C17H16O7/c1-6-4-8-9(7(2)24-6)13(19)11-10(12(8)18)14(20)16-17(15(11)21-3)23-5-22-16/h6-7,20H,4-5H2,1-3H3.